The van der Waals surface area contributed by atoms with Crippen LogP contribution in [0.2, 0.25) is 5.02 Å². The molecule has 0 aliphatic heterocycles. The molecule has 0 fully saturated rings. The first-order valence-corrected chi connectivity index (χ1v) is 5.03. The van der Waals surface area contributed by atoms with Gasteiger partial charge < -0.3 is 10.5 Å². The SMILES string of the molecule is Cc1cc(Oc2ncc(N)cc2Cl)n(C)n1. The number of nitrogens with zero attached hydrogens (tertiary/aromatic N) is 3. The molecule has 0 aromatic carbocycles. The van der Waals surface area contributed by atoms with Crippen LogP contribution in [0.3, 0.4) is 0 Å². The van der Waals surface area contributed by atoms with E-state index in [1.165, 1.54) is 6.20 Å². The second-order valence-corrected chi connectivity index (χ2v) is 3.81. The van der Waals surface area contributed by atoms with Gasteiger partial charge in [-0.3, -0.25) is 0 Å². The van der Waals surface area contributed by atoms with Gasteiger partial charge in [0.25, 0.3) is 0 Å². The lowest BCUT2D eigenvalue weighted by Crippen LogP contribution is -1.97. The van der Waals surface area contributed by atoms with Crippen LogP contribution in [0.5, 0.6) is 11.8 Å². The highest BCUT2D eigenvalue weighted by atomic mass is 35.5. The molecule has 6 heteroatoms. The molecule has 0 spiro atoms. The molecule has 0 bridgehead atoms. The first kappa shape index (κ1) is 10.8. The van der Waals surface area contributed by atoms with Crippen molar-refractivity contribution in [2.24, 2.45) is 7.05 Å². The van der Waals surface area contributed by atoms with Crippen LogP contribution in [-0.4, -0.2) is 14.8 Å². The second kappa shape index (κ2) is 4.02. The molecule has 2 aromatic heterocycles. The normalized spacial score (nSPS) is 10.4. The summed E-state index contributed by atoms with van der Waals surface area (Å²) in [4.78, 5) is 4.00. The Kier molecular flexibility index (Phi) is 2.70. The third-order valence-electron chi connectivity index (χ3n) is 1.99. The summed E-state index contributed by atoms with van der Waals surface area (Å²) < 4.78 is 7.13. The highest BCUT2D eigenvalue weighted by molar-refractivity contribution is 6.32. The number of hydrogen-bond donors (Lipinski definition) is 1. The molecule has 16 heavy (non-hydrogen) atoms. The topological polar surface area (TPSA) is 66.0 Å². The summed E-state index contributed by atoms with van der Waals surface area (Å²) in [6.45, 7) is 1.88. The van der Waals surface area contributed by atoms with Crippen molar-refractivity contribution >= 4 is 17.3 Å². The van der Waals surface area contributed by atoms with Crippen molar-refractivity contribution in [1.29, 1.82) is 0 Å². The van der Waals surface area contributed by atoms with Crippen LogP contribution in [0.15, 0.2) is 18.3 Å². The third kappa shape index (κ3) is 2.09. The predicted octanol–water partition coefficient (Wildman–Crippen LogP) is 2.15. The van der Waals surface area contributed by atoms with Crippen molar-refractivity contribution < 1.29 is 4.74 Å². The first-order valence-electron chi connectivity index (χ1n) is 4.66. The molecular weight excluding hydrogens is 228 g/mol. The van der Waals surface area contributed by atoms with Crippen molar-refractivity contribution in [3.05, 3.63) is 29.0 Å². The van der Waals surface area contributed by atoms with Crippen LogP contribution in [0, 0.1) is 6.92 Å². The minimum atomic E-state index is 0.318. The summed E-state index contributed by atoms with van der Waals surface area (Å²) in [5, 5.41) is 4.52. The number of halogens is 1. The monoisotopic (exact) mass is 238 g/mol. The van der Waals surface area contributed by atoms with Gasteiger partial charge in [0.1, 0.15) is 5.02 Å². The number of aromatic nitrogens is 3. The van der Waals surface area contributed by atoms with Gasteiger partial charge in [-0.25, -0.2) is 9.67 Å². The van der Waals surface area contributed by atoms with E-state index < -0.39 is 0 Å². The number of nitrogen functional groups attached to an aromatic ring is 1. The Morgan fingerprint density at radius 2 is 2.19 bits per heavy atom. The van der Waals surface area contributed by atoms with Crippen LogP contribution in [0.1, 0.15) is 5.69 Å². The molecule has 2 heterocycles. The molecule has 5 nitrogen and oxygen atoms in total. The van der Waals surface area contributed by atoms with Crippen molar-refractivity contribution in [3.8, 4) is 11.8 Å². The molecule has 2 N–H and O–H groups in total. The summed E-state index contributed by atoms with van der Waals surface area (Å²) in [6, 6.07) is 3.39. The lowest BCUT2D eigenvalue weighted by molar-refractivity contribution is 0.416. The molecule has 2 rings (SSSR count). The van der Waals surface area contributed by atoms with Gasteiger partial charge >= 0.3 is 0 Å². The molecule has 0 radical (unpaired) electrons. The summed E-state index contributed by atoms with van der Waals surface area (Å²) in [7, 11) is 1.79. The number of rotatable bonds is 2. The maximum Gasteiger partial charge on any atom is 0.240 e. The van der Waals surface area contributed by atoms with Gasteiger partial charge in [0.05, 0.1) is 17.6 Å². The van der Waals surface area contributed by atoms with Gasteiger partial charge in [-0.2, -0.15) is 5.10 Å². The van der Waals surface area contributed by atoms with E-state index in [-0.39, 0.29) is 0 Å². The summed E-state index contributed by atoms with van der Waals surface area (Å²) in [5.74, 6) is 0.899. The Bertz CT molecular complexity index is 524. The van der Waals surface area contributed by atoms with E-state index >= 15 is 0 Å². The lowest BCUT2D eigenvalue weighted by atomic mass is 10.4. The van der Waals surface area contributed by atoms with E-state index in [4.69, 9.17) is 22.1 Å². The van der Waals surface area contributed by atoms with Crippen LogP contribution >= 0.6 is 11.6 Å². The summed E-state index contributed by atoms with van der Waals surface area (Å²) >= 11 is 5.94. The van der Waals surface area contributed by atoms with E-state index in [0.717, 1.165) is 5.69 Å². The number of anilines is 1. The largest absolute Gasteiger partial charge is 0.419 e. The number of ether oxygens (including phenoxy) is 1. The summed E-state index contributed by atoms with van der Waals surface area (Å²) in [6.07, 6.45) is 1.49. The fraction of sp³-hybridized carbons (Fsp3) is 0.200. The zero-order valence-electron chi connectivity index (χ0n) is 8.94. The Morgan fingerprint density at radius 3 is 2.75 bits per heavy atom. The molecule has 2 aromatic rings. The standard InChI is InChI=1S/C10H11ClN4O/c1-6-3-9(15(2)14-6)16-10-8(11)4-7(12)5-13-10/h3-5H,12H2,1-2H3. The minimum Gasteiger partial charge on any atom is -0.419 e. The average molecular weight is 239 g/mol. The fourth-order valence-electron chi connectivity index (χ4n) is 1.30. The van der Waals surface area contributed by atoms with E-state index in [1.54, 1.807) is 23.9 Å². The minimum absolute atomic E-state index is 0.318. The van der Waals surface area contributed by atoms with E-state index in [1.807, 2.05) is 6.92 Å². The zero-order chi connectivity index (χ0) is 11.7. The number of nitrogens with two attached hydrogens (primary N) is 1. The van der Waals surface area contributed by atoms with Crippen LogP contribution in [0.25, 0.3) is 0 Å². The van der Waals surface area contributed by atoms with Crippen LogP contribution < -0.4 is 10.5 Å². The second-order valence-electron chi connectivity index (χ2n) is 3.41. The molecule has 0 unspecified atom stereocenters. The van der Waals surface area contributed by atoms with Crippen molar-refractivity contribution in [1.82, 2.24) is 14.8 Å². The first-order chi connectivity index (χ1) is 7.56. The quantitative estimate of drug-likeness (QED) is 0.871. The zero-order valence-corrected chi connectivity index (χ0v) is 9.69. The van der Waals surface area contributed by atoms with Crippen LogP contribution in [-0.2, 0) is 7.05 Å². The van der Waals surface area contributed by atoms with E-state index in [2.05, 4.69) is 10.1 Å². The maximum atomic E-state index is 5.94. The lowest BCUT2D eigenvalue weighted by Gasteiger charge is -2.06. The molecule has 0 saturated carbocycles. The Hall–Kier alpha value is -1.75. The Labute approximate surface area is 97.8 Å². The Morgan fingerprint density at radius 1 is 1.44 bits per heavy atom. The van der Waals surface area contributed by atoms with Gasteiger partial charge in [-0.1, -0.05) is 11.6 Å². The number of hydrogen-bond acceptors (Lipinski definition) is 4. The van der Waals surface area contributed by atoms with Gasteiger partial charge in [0.2, 0.25) is 11.8 Å². The molecular formula is C10H11ClN4O. The van der Waals surface area contributed by atoms with Gasteiger partial charge in [-0.05, 0) is 13.0 Å². The summed E-state index contributed by atoms with van der Waals surface area (Å²) in [5.41, 5.74) is 6.90. The predicted molar refractivity (Wildman–Crippen MR) is 61.7 cm³/mol. The van der Waals surface area contributed by atoms with E-state index in [9.17, 15) is 0 Å². The van der Waals surface area contributed by atoms with Crippen molar-refractivity contribution in [2.75, 3.05) is 5.73 Å². The molecule has 0 amide bonds. The van der Waals surface area contributed by atoms with Gasteiger partial charge in [-0.15, -0.1) is 0 Å². The third-order valence-corrected chi connectivity index (χ3v) is 2.26. The maximum absolute atomic E-state index is 5.94. The van der Waals surface area contributed by atoms with Crippen molar-refractivity contribution in [3.63, 3.8) is 0 Å². The van der Waals surface area contributed by atoms with Gasteiger partial charge in [0, 0.05) is 13.1 Å². The highest BCUT2D eigenvalue weighted by Crippen LogP contribution is 2.28. The van der Waals surface area contributed by atoms with Crippen LogP contribution in [0.4, 0.5) is 5.69 Å². The smallest absolute Gasteiger partial charge is 0.240 e. The average Bonchev–Trinajstić information content (AvgIpc) is 2.50. The molecule has 0 aliphatic carbocycles. The number of pyridine rings is 1. The van der Waals surface area contributed by atoms with E-state index in [0.29, 0.717) is 22.5 Å². The molecule has 84 valence electrons. The molecule has 0 atom stereocenters. The molecule has 0 saturated heterocycles. The van der Waals surface area contributed by atoms with Crippen molar-refractivity contribution in [2.45, 2.75) is 6.92 Å². The number of aryl methyl sites for hydroxylation is 2. The highest BCUT2D eigenvalue weighted by Gasteiger charge is 2.09. The fourth-order valence-corrected chi connectivity index (χ4v) is 1.51. The molecule has 0 aliphatic rings. The van der Waals surface area contributed by atoms with Gasteiger partial charge in [0.15, 0.2) is 0 Å². The Balaban J connectivity index is 2.30.